The molecule has 0 saturated heterocycles. The first kappa shape index (κ1) is 36.5. The number of alkyl halides is 3. The summed E-state index contributed by atoms with van der Waals surface area (Å²) in [4.78, 5) is 7.40. The monoisotopic (exact) mass is 782 g/mol. The molecular formula is C53H33F3N4. The molecule has 4 nitrogen and oxygen atoms in total. The highest BCUT2D eigenvalue weighted by atomic mass is 19.4. The third kappa shape index (κ3) is 5.82. The molecule has 8 aromatic carbocycles. The van der Waals surface area contributed by atoms with Crippen LogP contribution < -0.4 is 0 Å². The maximum Gasteiger partial charge on any atom is 0.415 e. The second kappa shape index (κ2) is 13.9. The van der Waals surface area contributed by atoms with Gasteiger partial charge in [-0.25, -0.2) is 9.69 Å². The van der Waals surface area contributed by atoms with Crippen LogP contribution in [0.2, 0.25) is 0 Å². The number of nitrogens with zero attached hydrogens (tertiary/aromatic N) is 4. The van der Waals surface area contributed by atoms with Gasteiger partial charge in [0.15, 0.2) is 11.4 Å². The lowest BCUT2D eigenvalue weighted by atomic mass is 9.98. The standard InChI is InChI=1S/C53H33F3N4/c1-32-13-5-7-15-39(32)34-21-23-43-41-17-9-11-19-47(41)59(49(43)27-34)51-30-45(36-25-37(53(54,55)56)29-38(26-36)57-3)46(58-4)31-52(51)60-48-20-12-10-18-42(48)44-24-22-35(28-50(44)60)40-16-8-6-14-33(40)2/h5-31H,1-2H3. The molecule has 2 aromatic heterocycles. The highest BCUT2D eigenvalue weighted by Gasteiger charge is 2.32. The van der Waals surface area contributed by atoms with Crippen molar-refractivity contribution in [1.82, 2.24) is 9.13 Å². The van der Waals surface area contributed by atoms with Crippen LogP contribution in [0.4, 0.5) is 24.5 Å². The highest BCUT2D eigenvalue weighted by Crippen LogP contribution is 2.46. The first-order valence-electron chi connectivity index (χ1n) is 19.5. The van der Waals surface area contributed by atoms with Crippen LogP contribution in [0.3, 0.4) is 0 Å². The Morgan fingerprint density at radius 1 is 0.433 bits per heavy atom. The van der Waals surface area contributed by atoms with Gasteiger partial charge in [-0.1, -0.05) is 109 Å². The lowest BCUT2D eigenvalue weighted by Crippen LogP contribution is -2.06. The van der Waals surface area contributed by atoms with E-state index in [0.29, 0.717) is 16.9 Å². The van der Waals surface area contributed by atoms with E-state index < -0.39 is 11.7 Å². The van der Waals surface area contributed by atoms with Crippen LogP contribution in [0.5, 0.6) is 0 Å². The minimum Gasteiger partial charge on any atom is -0.308 e. The third-order valence-corrected chi connectivity index (χ3v) is 11.6. The van der Waals surface area contributed by atoms with Crippen LogP contribution in [0.1, 0.15) is 16.7 Å². The van der Waals surface area contributed by atoms with Crippen molar-refractivity contribution >= 4 is 55.0 Å². The van der Waals surface area contributed by atoms with E-state index in [1.165, 1.54) is 6.07 Å². The quantitative estimate of drug-likeness (QED) is 0.155. The molecule has 0 bridgehead atoms. The molecule has 2 heterocycles. The number of aryl methyl sites for hydroxylation is 2. The predicted molar refractivity (Wildman–Crippen MR) is 238 cm³/mol. The van der Waals surface area contributed by atoms with Gasteiger partial charge in [-0.15, -0.1) is 0 Å². The van der Waals surface area contributed by atoms with E-state index in [1.807, 2.05) is 54.6 Å². The second-order valence-electron chi connectivity index (χ2n) is 15.1. The average Bonchev–Trinajstić information content (AvgIpc) is 3.77. The average molecular weight is 783 g/mol. The fraction of sp³-hybridized carbons (Fsp3) is 0.0566. The smallest absolute Gasteiger partial charge is 0.308 e. The maximum absolute atomic E-state index is 14.4. The van der Waals surface area contributed by atoms with Crippen molar-refractivity contribution < 1.29 is 13.2 Å². The SMILES string of the molecule is [C-]#[N+]c1cc(-c2cc(-n3c4ccccc4c4ccc(-c5ccccc5C)cc43)c(-n3c4ccccc4c4ccc(-c5ccccc5C)cc43)cc2[N+]#[C-])cc(C(F)(F)F)c1. The zero-order valence-electron chi connectivity index (χ0n) is 32.5. The summed E-state index contributed by atoms with van der Waals surface area (Å²) in [6, 6.07) is 52.6. The van der Waals surface area contributed by atoms with Crippen molar-refractivity contribution in [2.24, 2.45) is 0 Å². The Labute approximate surface area is 344 Å². The minimum absolute atomic E-state index is 0.139. The van der Waals surface area contributed by atoms with Crippen molar-refractivity contribution in [3.05, 3.63) is 203 Å². The van der Waals surface area contributed by atoms with Gasteiger partial charge in [-0.05, 0) is 113 Å². The predicted octanol–water partition coefficient (Wildman–Crippen LogP) is 15.6. The van der Waals surface area contributed by atoms with E-state index in [9.17, 15) is 13.2 Å². The Kier molecular flexibility index (Phi) is 8.45. The zero-order chi connectivity index (χ0) is 41.3. The molecule has 10 aromatic rings. The molecule has 0 atom stereocenters. The van der Waals surface area contributed by atoms with Crippen molar-refractivity contribution in [3.8, 4) is 44.8 Å². The molecule has 0 saturated carbocycles. The molecule has 0 amide bonds. The summed E-state index contributed by atoms with van der Waals surface area (Å²) in [6.07, 6.45) is -4.70. The summed E-state index contributed by atoms with van der Waals surface area (Å²) in [5.41, 5.74) is 10.9. The zero-order valence-corrected chi connectivity index (χ0v) is 32.5. The summed E-state index contributed by atoms with van der Waals surface area (Å²) >= 11 is 0. The summed E-state index contributed by atoms with van der Waals surface area (Å²) in [5, 5.41) is 4.05. The number of aromatic nitrogens is 2. The van der Waals surface area contributed by atoms with Gasteiger partial charge < -0.3 is 9.13 Å². The van der Waals surface area contributed by atoms with Gasteiger partial charge >= 0.3 is 6.18 Å². The summed E-state index contributed by atoms with van der Waals surface area (Å²) < 4.78 is 47.5. The normalized spacial score (nSPS) is 11.7. The van der Waals surface area contributed by atoms with Crippen molar-refractivity contribution in [2.45, 2.75) is 20.0 Å². The molecule has 0 aliphatic heterocycles. The summed E-state index contributed by atoms with van der Waals surface area (Å²) in [5.74, 6) is 0. The third-order valence-electron chi connectivity index (χ3n) is 11.6. The molecular weight excluding hydrogens is 750 g/mol. The first-order chi connectivity index (χ1) is 29.1. The number of para-hydroxylation sites is 2. The van der Waals surface area contributed by atoms with Gasteiger partial charge in [0.2, 0.25) is 0 Å². The molecule has 0 spiro atoms. The van der Waals surface area contributed by atoms with E-state index in [4.69, 9.17) is 13.1 Å². The maximum atomic E-state index is 14.4. The van der Waals surface area contributed by atoms with E-state index in [2.05, 4.69) is 118 Å². The second-order valence-corrected chi connectivity index (χ2v) is 15.1. The molecule has 0 aliphatic rings. The topological polar surface area (TPSA) is 18.6 Å². The molecule has 0 fully saturated rings. The minimum atomic E-state index is -4.70. The molecule has 7 heteroatoms. The molecule has 0 N–H and O–H groups in total. The highest BCUT2D eigenvalue weighted by molar-refractivity contribution is 6.13. The number of halogens is 3. The van der Waals surface area contributed by atoms with E-state index in [-0.39, 0.29) is 16.9 Å². The Morgan fingerprint density at radius 2 is 0.917 bits per heavy atom. The van der Waals surface area contributed by atoms with Crippen LogP contribution in [-0.4, -0.2) is 9.13 Å². The number of hydrogen-bond donors (Lipinski definition) is 0. The van der Waals surface area contributed by atoms with Crippen LogP contribution >= 0.6 is 0 Å². The van der Waals surface area contributed by atoms with Crippen molar-refractivity contribution in [3.63, 3.8) is 0 Å². The van der Waals surface area contributed by atoms with Gasteiger partial charge in [0.1, 0.15) is 0 Å². The van der Waals surface area contributed by atoms with E-state index >= 15 is 0 Å². The van der Waals surface area contributed by atoms with Crippen LogP contribution in [0.25, 0.3) is 98.1 Å². The first-order valence-corrected chi connectivity index (χ1v) is 19.5. The Bertz CT molecular complexity index is 3480. The Morgan fingerprint density at radius 3 is 1.42 bits per heavy atom. The number of hydrogen-bond acceptors (Lipinski definition) is 0. The summed E-state index contributed by atoms with van der Waals surface area (Å²) in [7, 11) is 0. The lowest BCUT2D eigenvalue weighted by molar-refractivity contribution is -0.137. The molecule has 10 rings (SSSR count). The molecule has 0 unspecified atom stereocenters. The van der Waals surface area contributed by atoms with Crippen LogP contribution in [0, 0.1) is 27.0 Å². The Balaban J connectivity index is 1.38. The molecule has 0 aliphatic carbocycles. The van der Waals surface area contributed by atoms with Gasteiger partial charge in [0, 0.05) is 27.1 Å². The number of fused-ring (bicyclic) bond motifs is 6. The van der Waals surface area contributed by atoms with E-state index in [0.717, 1.165) is 89.1 Å². The van der Waals surface area contributed by atoms with Crippen molar-refractivity contribution in [1.29, 1.82) is 0 Å². The fourth-order valence-corrected chi connectivity index (χ4v) is 8.83. The van der Waals surface area contributed by atoms with Crippen molar-refractivity contribution in [2.75, 3.05) is 0 Å². The number of benzene rings is 8. The summed E-state index contributed by atoms with van der Waals surface area (Å²) in [6.45, 7) is 20.4. The van der Waals surface area contributed by atoms with Gasteiger partial charge in [0.05, 0.1) is 46.6 Å². The number of rotatable bonds is 5. The van der Waals surface area contributed by atoms with E-state index in [1.54, 1.807) is 6.07 Å². The largest absolute Gasteiger partial charge is 0.415 e. The molecule has 0 radical (unpaired) electrons. The van der Waals surface area contributed by atoms with Gasteiger partial charge in [-0.3, -0.25) is 0 Å². The van der Waals surface area contributed by atoms with Gasteiger partial charge in [-0.2, -0.15) is 13.2 Å². The molecule has 286 valence electrons. The van der Waals surface area contributed by atoms with Crippen LogP contribution in [0.15, 0.2) is 164 Å². The van der Waals surface area contributed by atoms with Gasteiger partial charge in [0.25, 0.3) is 0 Å². The van der Waals surface area contributed by atoms with Crippen LogP contribution in [-0.2, 0) is 6.18 Å². The fourth-order valence-electron chi connectivity index (χ4n) is 8.83. The lowest BCUT2D eigenvalue weighted by Gasteiger charge is -2.20. The Hall–Kier alpha value is -7.87. The molecule has 60 heavy (non-hydrogen) atoms.